The molecule has 2 unspecified atom stereocenters. The van der Waals surface area contributed by atoms with Gasteiger partial charge in [-0.1, -0.05) is 0 Å². The van der Waals surface area contributed by atoms with Crippen LogP contribution in [0.2, 0.25) is 0 Å². The Balaban J connectivity index is 0.000000222. The van der Waals surface area contributed by atoms with E-state index in [2.05, 4.69) is 4.85 Å². The summed E-state index contributed by atoms with van der Waals surface area (Å²) in [6.45, 7) is 6.83. The molecule has 6 nitrogen and oxygen atoms in total. The molecule has 0 radical (unpaired) electrons. The standard InChI is InChI=1S/C16H5F6NO3S.C9H2F6O2S/c1-23-8-4-7(17)5-9(6-8)26-11-3-2-10(15(18,19)20)13-12(11)14(24)16(21,22)27(13)25;10-4-2-1-3(8(11,12)13)6-5(4)7(16)9(14,15)18(6)17/h2-6H;1-2H. The minimum Gasteiger partial charge on any atom is -0.458 e. The second-order valence-corrected chi connectivity index (χ2v) is 11.6. The molecule has 3 aromatic carbocycles. The fraction of sp³-hybridized carbons (Fsp3) is 0.160. The van der Waals surface area contributed by atoms with Crippen molar-refractivity contribution >= 4 is 38.9 Å². The number of Topliss-reactive ketones (excluding diaryl/α,β-unsaturated/α-hetero) is 2. The number of carbonyl (C=O) groups is 2. The van der Waals surface area contributed by atoms with Crippen molar-refractivity contribution in [2.75, 3.05) is 0 Å². The van der Waals surface area contributed by atoms with Crippen LogP contribution >= 0.6 is 0 Å². The van der Waals surface area contributed by atoms with E-state index in [1.807, 2.05) is 0 Å². The summed E-state index contributed by atoms with van der Waals surface area (Å²) in [5.41, 5.74) is -6.22. The van der Waals surface area contributed by atoms with E-state index in [4.69, 9.17) is 11.3 Å². The lowest BCUT2D eigenvalue weighted by Gasteiger charge is -2.14. The van der Waals surface area contributed by atoms with Crippen molar-refractivity contribution in [1.29, 1.82) is 0 Å². The van der Waals surface area contributed by atoms with Crippen LogP contribution in [0.1, 0.15) is 31.8 Å². The first kappa shape index (κ1) is 33.6. The first-order chi connectivity index (χ1) is 20.5. The van der Waals surface area contributed by atoms with Crippen LogP contribution in [-0.4, -0.2) is 30.5 Å². The van der Waals surface area contributed by atoms with Crippen LogP contribution in [0.3, 0.4) is 0 Å². The van der Waals surface area contributed by atoms with Crippen LogP contribution in [0.5, 0.6) is 11.5 Å². The van der Waals surface area contributed by atoms with Crippen LogP contribution in [-0.2, 0) is 34.0 Å². The third-order valence-electron chi connectivity index (χ3n) is 5.87. The van der Waals surface area contributed by atoms with Gasteiger partial charge >= 0.3 is 22.9 Å². The number of hydrogen-bond acceptors (Lipinski definition) is 5. The number of benzene rings is 3. The van der Waals surface area contributed by atoms with E-state index in [0.29, 0.717) is 12.1 Å². The molecule has 2 aliphatic rings. The Morgan fingerprint density at radius 3 is 1.67 bits per heavy atom. The molecule has 2 heterocycles. The molecule has 2 aliphatic heterocycles. The maximum absolute atomic E-state index is 13.8. The van der Waals surface area contributed by atoms with Crippen LogP contribution in [0.25, 0.3) is 4.85 Å². The molecule has 0 aromatic heterocycles. The van der Waals surface area contributed by atoms with E-state index < -0.39 is 111 Å². The number of carbonyl (C=O) groups excluding carboxylic acids is 2. The predicted octanol–water partition coefficient (Wildman–Crippen LogP) is 7.83. The van der Waals surface area contributed by atoms with Gasteiger partial charge in [-0.05, 0) is 36.4 Å². The molecule has 0 saturated heterocycles. The number of hydrogen-bond donors (Lipinski definition) is 0. The summed E-state index contributed by atoms with van der Waals surface area (Å²) in [5, 5.41) is -9.10. The van der Waals surface area contributed by atoms with E-state index in [0.717, 1.165) is 18.2 Å². The van der Waals surface area contributed by atoms with Crippen molar-refractivity contribution in [2.24, 2.45) is 0 Å². The van der Waals surface area contributed by atoms with Crippen molar-refractivity contribution in [3.63, 3.8) is 0 Å². The predicted molar refractivity (Wildman–Crippen MR) is 127 cm³/mol. The van der Waals surface area contributed by atoms with Crippen LogP contribution in [0, 0.1) is 18.2 Å². The average molecular weight is 693 g/mol. The Kier molecular flexibility index (Phi) is 8.20. The smallest absolute Gasteiger partial charge is 0.417 e. The molecule has 0 bridgehead atoms. The number of halogens is 12. The summed E-state index contributed by atoms with van der Waals surface area (Å²) in [6.07, 6.45) is -10.2. The Hall–Kier alpha value is -4.25. The average Bonchev–Trinajstić information content (AvgIpc) is 3.22. The van der Waals surface area contributed by atoms with E-state index in [1.54, 1.807) is 0 Å². The number of rotatable bonds is 2. The first-order valence-corrected chi connectivity index (χ1v) is 13.5. The second kappa shape index (κ2) is 11.0. The highest BCUT2D eigenvalue weighted by molar-refractivity contribution is 7.88. The number of nitrogens with zero attached hydrogens (tertiary/aromatic N) is 1. The first-order valence-electron chi connectivity index (χ1n) is 11.2. The lowest BCUT2D eigenvalue weighted by Crippen LogP contribution is -2.26. The molecular formula is C25H7F12NO5S2. The Labute approximate surface area is 246 Å². The Morgan fingerprint density at radius 2 is 1.18 bits per heavy atom. The largest absolute Gasteiger partial charge is 0.458 e. The van der Waals surface area contributed by atoms with E-state index >= 15 is 0 Å². The summed E-state index contributed by atoms with van der Waals surface area (Å²) >= 11 is 0. The third-order valence-corrected chi connectivity index (χ3v) is 8.76. The maximum atomic E-state index is 13.8. The number of ketones is 2. The summed E-state index contributed by atoms with van der Waals surface area (Å²) < 4.78 is 185. The van der Waals surface area contributed by atoms with Gasteiger partial charge in [-0.25, -0.2) is 22.0 Å². The van der Waals surface area contributed by atoms with Crippen molar-refractivity contribution in [3.05, 3.63) is 87.8 Å². The molecular weight excluding hydrogens is 686 g/mol. The lowest BCUT2D eigenvalue weighted by atomic mass is 10.1. The van der Waals surface area contributed by atoms with Gasteiger partial charge in [-0.2, -0.15) is 43.9 Å². The van der Waals surface area contributed by atoms with Crippen LogP contribution in [0.15, 0.2) is 52.3 Å². The van der Waals surface area contributed by atoms with Gasteiger partial charge < -0.3 is 4.74 Å². The number of ether oxygens (including phenoxy) is 1. The molecule has 0 fully saturated rings. The molecule has 2 atom stereocenters. The van der Waals surface area contributed by atoms with Crippen LogP contribution in [0.4, 0.5) is 58.4 Å². The van der Waals surface area contributed by atoms with Crippen LogP contribution < -0.4 is 4.74 Å². The maximum Gasteiger partial charge on any atom is 0.417 e. The molecule has 0 amide bonds. The molecule has 45 heavy (non-hydrogen) atoms. The summed E-state index contributed by atoms with van der Waals surface area (Å²) in [6, 6.07) is 3.95. The highest BCUT2D eigenvalue weighted by Gasteiger charge is 2.59. The summed E-state index contributed by atoms with van der Waals surface area (Å²) in [7, 11) is -7.13. The highest BCUT2D eigenvalue weighted by atomic mass is 32.2. The molecule has 0 aliphatic carbocycles. The molecule has 0 N–H and O–H groups in total. The fourth-order valence-corrected chi connectivity index (χ4v) is 6.56. The van der Waals surface area contributed by atoms with Crippen molar-refractivity contribution in [3.8, 4) is 11.5 Å². The van der Waals surface area contributed by atoms with Gasteiger partial charge in [-0.3, -0.25) is 9.59 Å². The van der Waals surface area contributed by atoms with E-state index in [1.165, 1.54) is 0 Å². The summed E-state index contributed by atoms with van der Waals surface area (Å²) in [5.74, 6) is -7.93. The number of alkyl halides is 10. The van der Waals surface area contributed by atoms with Crippen molar-refractivity contribution in [1.82, 2.24) is 0 Å². The Bertz CT molecular complexity index is 1880. The van der Waals surface area contributed by atoms with Gasteiger partial charge in [0.25, 0.3) is 5.78 Å². The zero-order valence-corrected chi connectivity index (χ0v) is 22.5. The Morgan fingerprint density at radius 1 is 0.711 bits per heavy atom. The van der Waals surface area contributed by atoms with Crippen molar-refractivity contribution < 1.29 is 75.4 Å². The molecule has 0 saturated carbocycles. The molecule has 5 rings (SSSR count). The highest BCUT2D eigenvalue weighted by Crippen LogP contribution is 2.49. The normalized spacial score (nSPS) is 19.7. The van der Waals surface area contributed by atoms with Gasteiger partial charge in [0.2, 0.25) is 5.78 Å². The van der Waals surface area contributed by atoms with Gasteiger partial charge in [0.1, 0.15) is 44.7 Å². The molecule has 20 heteroatoms. The third kappa shape index (κ3) is 5.69. The van der Waals surface area contributed by atoms with Gasteiger partial charge in [0.05, 0.1) is 38.6 Å². The van der Waals surface area contributed by atoms with E-state index in [-0.39, 0.29) is 17.8 Å². The SMILES string of the molecule is O=C1c2c(F)ccc(C(F)(F)F)c2S(=O)C1(F)F.[C-]#[N+]c1cc(F)cc(Oc2ccc(C(F)(F)F)c3c2C(=O)C(F)(F)S3=O)c1. The minimum atomic E-state index is -5.14. The van der Waals surface area contributed by atoms with Gasteiger partial charge in [-0.15, -0.1) is 0 Å². The number of fused-ring (bicyclic) bond motifs is 2. The van der Waals surface area contributed by atoms with E-state index in [9.17, 15) is 70.7 Å². The quantitative estimate of drug-likeness (QED) is 0.202. The minimum absolute atomic E-state index is 0.181. The molecule has 3 aromatic rings. The lowest BCUT2D eigenvalue weighted by molar-refractivity contribution is -0.140. The fourth-order valence-electron chi connectivity index (χ4n) is 3.98. The molecule has 0 spiro atoms. The van der Waals surface area contributed by atoms with Gasteiger partial charge in [0.15, 0.2) is 5.69 Å². The topological polar surface area (TPSA) is 81.9 Å². The second-order valence-electron chi connectivity index (χ2n) is 8.70. The summed E-state index contributed by atoms with van der Waals surface area (Å²) in [4.78, 5) is 23.0. The van der Waals surface area contributed by atoms with Crippen molar-refractivity contribution in [2.45, 2.75) is 32.7 Å². The zero-order chi connectivity index (χ0) is 34.0. The van der Waals surface area contributed by atoms with Gasteiger partial charge in [0, 0.05) is 6.07 Å². The zero-order valence-electron chi connectivity index (χ0n) is 20.9. The molecule has 238 valence electrons. The monoisotopic (exact) mass is 693 g/mol.